The minimum atomic E-state index is -0.0911. The quantitative estimate of drug-likeness (QED) is 0.426. The lowest BCUT2D eigenvalue weighted by Crippen LogP contribution is -2.29. The van der Waals surface area contributed by atoms with Crippen LogP contribution in [0.25, 0.3) is 17.0 Å². The van der Waals surface area contributed by atoms with Crippen LogP contribution in [-0.4, -0.2) is 46.0 Å². The summed E-state index contributed by atoms with van der Waals surface area (Å²) in [5, 5.41) is 16.3. The maximum atomic E-state index is 12.1. The third-order valence-electron chi connectivity index (χ3n) is 4.54. The lowest BCUT2D eigenvalue weighted by Gasteiger charge is -2.09. The smallest absolute Gasteiger partial charge is 0.231 e. The van der Waals surface area contributed by atoms with Gasteiger partial charge in [-0.15, -0.1) is 15.3 Å². The van der Waals surface area contributed by atoms with E-state index in [-0.39, 0.29) is 18.9 Å². The first-order chi connectivity index (χ1) is 15.1. The van der Waals surface area contributed by atoms with Gasteiger partial charge in [-0.25, -0.2) is 0 Å². The Balaban J connectivity index is 1.37. The van der Waals surface area contributed by atoms with E-state index in [9.17, 15) is 4.79 Å². The minimum absolute atomic E-state index is 0.0911. The highest BCUT2D eigenvalue weighted by atomic mass is 35.5. The van der Waals surface area contributed by atoms with Crippen molar-refractivity contribution in [2.75, 3.05) is 20.3 Å². The van der Waals surface area contributed by atoms with E-state index >= 15 is 0 Å². The normalized spacial score (nSPS) is 10.8. The second kappa shape index (κ2) is 9.44. The molecule has 31 heavy (non-hydrogen) atoms. The van der Waals surface area contributed by atoms with Crippen molar-refractivity contribution in [1.82, 2.24) is 25.1 Å². The maximum Gasteiger partial charge on any atom is 0.231 e. The van der Waals surface area contributed by atoms with Crippen LogP contribution in [0.5, 0.6) is 11.6 Å². The summed E-state index contributed by atoms with van der Waals surface area (Å²) < 4.78 is 12.7. The Morgan fingerprint density at radius 3 is 2.68 bits per heavy atom. The molecule has 0 aliphatic heterocycles. The molecule has 8 nitrogen and oxygen atoms in total. The molecular formula is C22H20ClN5O3. The Morgan fingerprint density at radius 2 is 1.87 bits per heavy atom. The lowest BCUT2D eigenvalue weighted by atomic mass is 10.1. The molecule has 0 atom stereocenters. The first-order valence-electron chi connectivity index (χ1n) is 9.64. The molecule has 9 heteroatoms. The zero-order valence-corrected chi connectivity index (χ0v) is 17.5. The number of rotatable bonds is 8. The zero-order valence-electron chi connectivity index (χ0n) is 16.8. The molecule has 0 unspecified atom stereocenters. The van der Waals surface area contributed by atoms with Crippen LogP contribution in [0.15, 0.2) is 60.7 Å². The molecule has 4 rings (SSSR count). The molecule has 0 aliphatic rings. The van der Waals surface area contributed by atoms with E-state index < -0.39 is 0 Å². The summed E-state index contributed by atoms with van der Waals surface area (Å²) in [7, 11) is 1.60. The Morgan fingerprint density at radius 1 is 1.06 bits per heavy atom. The molecule has 1 amide bonds. The van der Waals surface area contributed by atoms with E-state index in [0.29, 0.717) is 34.7 Å². The number of fused-ring (bicyclic) bond motifs is 1. The zero-order chi connectivity index (χ0) is 21.6. The number of methoxy groups -OCH3 is 1. The summed E-state index contributed by atoms with van der Waals surface area (Å²) in [4.78, 5) is 12.1. The number of carbonyl (C=O) groups excluding carboxylic acids is 1. The largest absolute Gasteiger partial charge is 0.496 e. The van der Waals surface area contributed by atoms with Gasteiger partial charge in [0, 0.05) is 11.1 Å². The molecule has 0 spiro atoms. The number of amides is 1. The third kappa shape index (κ3) is 4.92. The van der Waals surface area contributed by atoms with Gasteiger partial charge in [0.05, 0.1) is 25.6 Å². The summed E-state index contributed by atoms with van der Waals surface area (Å²) in [5.41, 5.74) is 2.26. The summed E-state index contributed by atoms with van der Waals surface area (Å²) >= 11 is 5.86. The molecule has 0 saturated carbocycles. The van der Waals surface area contributed by atoms with Crippen LogP contribution in [0.3, 0.4) is 0 Å². The first kappa shape index (κ1) is 20.6. The molecule has 2 aromatic carbocycles. The number of nitrogens with one attached hydrogen (secondary N) is 1. The van der Waals surface area contributed by atoms with Gasteiger partial charge in [-0.2, -0.15) is 4.52 Å². The molecule has 0 bridgehead atoms. The van der Waals surface area contributed by atoms with E-state index in [1.54, 1.807) is 35.9 Å². The van der Waals surface area contributed by atoms with Crippen molar-refractivity contribution < 1.29 is 14.3 Å². The molecular weight excluding hydrogens is 418 g/mol. The fourth-order valence-corrected chi connectivity index (χ4v) is 3.17. The Kier molecular flexibility index (Phi) is 6.28. The van der Waals surface area contributed by atoms with E-state index in [0.717, 1.165) is 11.1 Å². The standard InChI is InChI=1S/C22H20ClN5O3/c1-30-18-5-3-2-4-17(18)22-26-25-19-10-11-21(27-28(19)22)31-13-12-24-20(29)14-15-6-8-16(23)9-7-15/h2-11H,12-14H2,1H3,(H,24,29). The van der Waals surface area contributed by atoms with Gasteiger partial charge in [0.2, 0.25) is 11.8 Å². The van der Waals surface area contributed by atoms with Crippen molar-refractivity contribution in [1.29, 1.82) is 0 Å². The predicted octanol–water partition coefficient (Wildman–Crippen LogP) is 3.19. The van der Waals surface area contributed by atoms with Crippen molar-refractivity contribution in [2.45, 2.75) is 6.42 Å². The van der Waals surface area contributed by atoms with E-state index in [2.05, 4.69) is 20.6 Å². The first-order valence-corrected chi connectivity index (χ1v) is 10.0. The molecule has 2 heterocycles. The maximum absolute atomic E-state index is 12.1. The van der Waals surface area contributed by atoms with Gasteiger partial charge < -0.3 is 14.8 Å². The van der Waals surface area contributed by atoms with Crippen LogP contribution in [0.2, 0.25) is 5.02 Å². The van der Waals surface area contributed by atoms with E-state index in [4.69, 9.17) is 21.1 Å². The number of para-hydroxylation sites is 1. The van der Waals surface area contributed by atoms with Gasteiger partial charge in [0.1, 0.15) is 12.4 Å². The van der Waals surface area contributed by atoms with Gasteiger partial charge in [-0.3, -0.25) is 4.79 Å². The highest BCUT2D eigenvalue weighted by Gasteiger charge is 2.14. The van der Waals surface area contributed by atoms with Gasteiger partial charge >= 0.3 is 0 Å². The molecule has 0 radical (unpaired) electrons. The Bertz CT molecular complexity index is 1190. The van der Waals surface area contributed by atoms with Crippen molar-refractivity contribution in [3.63, 3.8) is 0 Å². The number of hydrogen-bond donors (Lipinski definition) is 1. The van der Waals surface area contributed by atoms with Gasteiger partial charge in [-0.05, 0) is 35.9 Å². The number of aromatic nitrogens is 4. The lowest BCUT2D eigenvalue weighted by molar-refractivity contribution is -0.120. The van der Waals surface area contributed by atoms with Crippen molar-refractivity contribution in [3.05, 3.63) is 71.2 Å². The van der Waals surface area contributed by atoms with E-state index in [1.807, 2.05) is 36.4 Å². The monoisotopic (exact) mass is 437 g/mol. The molecule has 0 fully saturated rings. The van der Waals surface area contributed by atoms with Crippen LogP contribution < -0.4 is 14.8 Å². The SMILES string of the molecule is COc1ccccc1-c1nnc2ccc(OCCNC(=O)Cc3ccc(Cl)cc3)nn12. The number of hydrogen-bond acceptors (Lipinski definition) is 6. The second-order valence-electron chi connectivity index (χ2n) is 6.67. The Labute approximate surface area is 183 Å². The molecule has 4 aromatic rings. The third-order valence-corrected chi connectivity index (χ3v) is 4.79. The van der Waals surface area contributed by atoms with Crippen LogP contribution in [0.1, 0.15) is 5.56 Å². The van der Waals surface area contributed by atoms with E-state index in [1.165, 1.54) is 0 Å². The molecule has 158 valence electrons. The molecule has 0 aliphatic carbocycles. The summed E-state index contributed by atoms with van der Waals surface area (Å²) in [6.45, 7) is 0.630. The highest BCUT2D eigenvalue weighted by molar-refractivity contribution is 6.30. The van der Waals surface area contributed by atoms with Crippen LogP contribution in [0.4, 0.5) is 0 Å². The molecule has 2 aromatic heterocycles. The van der Waals surface area contributed by atoms with Crippen LogP contribution in [-0.2, 0) is 11.2 Å². The van der Waals surface area contributed by atoms with Crippen molar-refractivity contribution >= 4 is 23.2 Å². The minimum Gasteiger partial charge on any atom is -0.496 e. The Hall–Kier alpha value is -3.65. The average Bonchev–Trinajstić information content (AvgIpc) is 3.21. The highest BCUT2D eigenvalue weighted by Crippen LogP contribution is 2.28. The second-order valence-corrected chi connectivity index (χ2v) is 7.10. The van der Waals surface area contributed by atoms with Gasteiger partial charge in [0.15, 0.2) is 11.5 Å². The average molecular weight is 438 g/mol. The topological polar surface area (TPSA) is 90.6 Å². The van der Waals surface area contributed by atoms with Crippen molar-refractivity contribution in [3.8, 4) is 23.0 Å². The number of ether oxygens (including phenoxy) is 2. The number of halogens is 1. The van der Waals surface area contributed by atoms with Crippen LogP contribution in [0, 0.1) is 0 Å². The van der Waals surface area contributed by atoms with Crippen molar-refractivity contribution in [2.24, 2.45) is 0 Å². The molecule has 0 saturated heterocycles. The fraction of sp³-hybridized carbons (Fsp3) is 0.182. The fourth-order valence-electron chi connectivity index (χ4n) is 3.04. The summed E-state index contributed by atoms with van der Waals surface area (Å²) in [6, 6.07) is 18.2. The number of nitrogens with zero attached hydrogens (tertiary/aromatic N) is 4. The summed E-state index contributed by atoms with van der Waals surface area (Å²) in [5.74, 6) is 1.53. The molecule has 1 N–H and O–H groups in total. The number of benzene rings is 2. The number of carbonyl (C=O) groups is 1. The predicted molar refractivity (Wildman–Crippen MR) is 116 cm³/mol. The van der Waals surface area contributed by atoms with Gasteiger partial charge in [-0.1, -0.05) is 35.9 Å². The van der Waals surface area contributed by atoms with Gasteiger partial charge in [0.25, 0.3) is 0 Å². The van der Waals surface area contributed by atoms with Crippen LogP contribution >= 0.6 is 11.6 Å². The summed E-state index contributed by atoms with van der Waals surface area (Å²) in [6.07, 6.45) is 0.282.